The number of thioether (sulfide) groups is 1. The van der Waals surface area contributed by atoms with Crippen molar-refractivity contribution in [1.29, 1.82) is 0 Å². The highest BCUT2D eigenvalue weighted by Crippen LogP contribution is 2.53. The lowest BCUT2D eigenvalue weighted by molar-refractivity contribution is -0.0322. The molecule has 2 aliphatic rings. The molecule has 2 aliphatic heterocycles. The molecule has 5 rings (SSSR count). The average molecular weight is 724 g/mol. The van der Waals surface area contributed by atoms with E-state index >= 15 is 0 Å². The van der Waals surface area contributed by atoms with E-state index in [1.54, 1.807) is 43.4 Å². The second-order valence-corrected chi connectivity index (χ2v) is 23.8. The highest BCUT2D eigenvalue weighted by atomic mass is 35.5. The van der Waals surface area contributed by atoms with E-state index in [0.717, 1.165) is 0 Å². The molecule has 0 unspecified atom stereocenters. The van der Waals surface area contributed by atoms with Gasteiger partial charge < -0.3 is 32.9 Å². The number of hydrogen-bond donors (Lipinski definition) is 1. The monoisotopic (exact) mass is 723 g/mol. The lowest BCUT2D eigenvalue weighted by Gasteiger charge is -2.51. The highest BCUT2D eigenvalue weighted by molar-refractivity contribution is 8.00. The molecule has 2 aromatic heterocycles. The Morgan fingerprint density at radius 2 is 1.68 bits per heavy atom. The summed E-state index contributed by atoms with van der Waals surface area (Å²) in [4.78, 5) is 27.1. The Hall–Kier alpha value is -2.41. The second-order valence-electron chi connectivity index (χ2n) is 13.3. The van der Waals surface area contributed by atoms with Gasteiger partial charge in [-0.2, -0.15) is 9.97 Å². The molecule has 0 saturated carbocycles. The number of carbonyl (C=O) groups excluding carboxylic acids is 1. The number of hydrogen-bond acceptors (Lipinski definition) is 12. The van der Waals surface area contributed by atoms with Crippen molar-refractivity contribution in [3.8, 4) is 11.5 Å². The zero-order chi connectivity index (χ0) is 34.4. The zero-order valence-corrected chi connectivity index (χ0v) is 32.2. The minimum absolute atomic E-state index is 0.0125. The maximum atomic E-state index is 14.1. The molecular weight excluding hydrogens is 678 g/mol. The maximum Gasteiger partial charge on any atom is 0.342 e. The summed E-state index contributed by atoms with van der Waals surface area (Å²) in [6.07, 6.45) is 0.248. The third kappa shape index (κ3) is 6.40. The SMILES string of the molecule is COc1ccc(C(=O)O[C@@H]2[C@@H]3O[Si](C(C)C)(C(C)C)O[Si](C(C)C)(C(C)C)OC[C@H]3S[C@H]2n2cnc3c(Cl)nc(N)nc32)c(OC)c1. The van der Waals surface area contributed by atoms with Gasteiger partial charge in [0.15, 0.2) is 16.9 Å². The molecule has 16 heteroatoms. The molecule has 0 radical (unpaired) electrons. The van der Waals surface area contributed by atoms with E-state index in [1.807, 2.05) is 4.57 Å². The number of carbonyl (C=O) groups is 1. The number of anilines is 1. The number of rotatable bonds is 9. The van der Waals surface area contributed by atoms with Crippen LogP contribution < -0.4 is 15.2 Å². The average Bonchev–Trinajstić information content (AvgIpc) is 3.56. The van der Waals surface area contributed by atoms with Crippen LogP contribution in [0.25, 0.3) is 11.2 Å². The van der Waals surface area contributed by atoms with E-state index < -0.39 is 40.7 Å². The predicted molar refractivity (Wildman–Crippen MR) is 188 cm³/mol. The number of fused-ring (bicyclic) bond motifs is 2. The summed E-state index contributed by atoms with van der Waals surface area (Å²) < 4.78 is 41.1. The van der Waals surface area contributed by atoms with Crippen LogP contribution >= 0.6 is 23.4 Å². The van der Waals surface area contributed by atoms with E-state index in [9.17, 15) is 4.79 Å². The summed E-state index contributed by atoms with van der Waals surface area (Å²) in [6, 6.07) is 4.98. The number of benzene rings is 1. The Morgan fingerprint density at radius 3 is 2.28 bits per heavy atom. The fourth-order valence-corrected chi connectivity index (χ4v) is 19.9. The Bertz CT molecular complexity index is 1590. The lowest BCUT2D eigenvalue weighted by Crippen LogP contribution is -2.65. The number of nitrogens with two attached hydrogens (primary N) is 1. The molecule has 0 bridgehead atoms. The summed E-state index contributed by atoms with van der Waals surface area (Å²) in [6.45, 7) is 17.8. The van der Waals surface area contributed by atoms with Gasteiger partial charge in [0.25, 0.3) is 0 Å². The summed E-state index contributed by atoms with van der Waals surface area (Å²) in [7, 11) is -2.81. The van der Waals surface area contributed by atoms with Gasteiger partial charge in [0.05, 0.1) is 32.4 Å². The first kappa shape index (κ1) is 35.9. The molecule has 258 valence electrons. The number of ether oxygens (including phenoxy) is 3. The first-order chi connectivity index (χ1) is 22.2. The van der Waals surface area contributed by atoms with Crippen LogP contribution in [-0.4, -0.2) is 80.9 Å². The van der Waals surface area contributed by atoms with Crippen LogP contribution in [0, 0.1) is 0 Å². The van der Waals surface area contributed by atoms with E-state index in [0.29, 0.717) is 29.3 Å². The normalized spacial score (nSPS) is 24.1. The van der Waals surface area contributed by atoms with Gasteiger partial charge in [0, 0.05) is 6.07 Å². The molecule has 1 aromatic carbocycles. The molecule has 2 saturated heterocycles. The minimum Gasteiger partial charge on any atom is -0.497 e. The first-order valence-corrected chi connectivity index (χ1v) is 21.2. The first-order valence-electron chi connectivity index (χ1n) is 15.9. The predicted octanol–water partition coefficient (Wildman–Crippen LogP) is 6.88. The molecular formula is C31H46ClN5O7SSi2. The van der Waals surface area contributed by atoms with E-state index in [4.69, 9.17) is 44.5 Å². The van der Waals surface area contributed by atoms with Crippen LogP contribution in [0.2, 0.25) is 27.3 Å². The Labute approximate surface area is 287 Å². The van der Waals surface area contributed by atoms with Crippen molar-refractivity contribution in [2.24, 2.45) is 0 Å². The summed E-state index contributed by atoms with van der Waals surface area (Å²) in [5, 5.41) is -0.587. The summed E-state index contributed by atoms with van der Waals surface area (Å²) in [5.41, 5.74) is 7.64. The molecule has 0 aliphatic carbocycles. The fraction of sp³-hybridized carbons (Fsp3) is 0.613. The number of imidazole rings is 1. The quantitative estimate of drug-likeness (QED) is 0.140. The van der Waals surface area contributed by atoms with Crippen molar-refractivity contribution < 1.29 is 32.0 Å². The standard InChI is InChI=1S/C31H46ClN5O7SSi2/c1-16(2)46(17(3)4)41-14-23-25(43-47(44-46,18(5)6)19(7)8)26(42-30(38)21-12-11-20(39-9)13-22(21)40-10)29(45-23)37-15-34-24-27(32)35-31(33)36-28(24)37/h11-13,15-19,23,25-26,29H,14H2,1-10H3,(H2,33,35,36)/t23-,25-,26-,29-/m1/s1. The van der Waals surface area contributed by atoms with Crippen LogP contribution in [0.15, 0.2) is 24.5 Å². The molecule has 2 fully saturated rings. The number of esters is 1. The molecule has 2 N–H and O–H groups in total. The van der Waals surface area contributed by atoms with Crippen LogP contribution in [0.1, 0.15) is 71.1 Å². The van der Waals surface area contributed by atoms with Gasteiger partial charge in [-0.15, -0.1) is 11.8 Å². The molecule has 0 amide bonds. The van der Waals surface area contributed by atoms with Crippen molar-refractivity contribution in [2.45, 2.75) is 100 Å². The van der Waals surface area contributed by atoms with Crippen LogP contribution in [0.3, 0.4) is 0 Å². The van der Waals surface area contributed by atoms with E-state index in [1.165, 1.54) is 7.11 Å². The van der Waals surface area contributed by atoms with Gasteiger partial charge in [-0.3, -0.25) is 4.57 Å². The largest absolute Gasteiger partial charge is 0.497 e. The van der Waals surface area contributed by atoms with Gasteiger partial charge in [0.2, 0.25) is 5.95 Å². The molecule has 12 nitrogen and oxygen atoms in total. The van der Waals surface area contributed by atoms with Crippen molar-refractivity contribution in [3.63, 3.8) is 0 Å². The third-order valence-electron chi connectivity index (χ3n) is 9.16. The number of methoxy groups -OCH3 is 2. The van der Waals surface area contributed by atoms with Crippen molar-refractivity contribution >= 4 is 63.6 Å². The molecule has 0 spiro atoms. The summed E-state index contributed by atoms with van der Waals surface area (Å²) in [5.74, 6) is 0.325. The molecule has 47 heavy (non-hydrogen) atoms. The van der Waals surface area contributed by atoms with Gasteiger partial charge in [0.1, 0.15) is 34.1 Å². The Morgan fingerprint density at radius 1 is 1.02 bits per heavy atom. The third-order valence-corrected chi connectivity index (χ3v) is 21.2. The highest BCUT2D eigenvalue weighted by Gasteiger charge is 2.62. The second kappa shape index (κ2) is 13.8. The Balaban J connectivity index is 1.66. The number of halogens is 1. The van der Waals surface area contributed by atoms with Crippen LogP contribution in [0.4, 0.5) is 5.95 Å². The van der Waals surface area contributed by atoms with E-state index in [-0.39, 0.29) is 44.1 Å². The topological polar surface area (TPSA) is 142 Å². The molecule has 4 atom stereocenters. The molecule has 4 heterocycles. The fourth-order valence-electron chi connectivity index (χ4n) is 6.71. The minimum atomic E-state index is -3.06. The Kier molecular flexibility index (Phi) is 10.6. The summed E-state index contributed by atoms with van der Waals surface area (Å²) >= 11 is 8.03. The van der Waals surface area contributed by atoms with Crippen molar-refractivity contribution in [3.05, 3.63) is 35.2 Å². The molecule has 3 aromatic rings. The number of nitrogen functional groups attached to an aromatic ring is 1. The van der Waals surface area contributed by atoms with Crippen LogP contribution in [0.5, 0.6) is 11.5 Å². The number of nitrogens with zero attached hydrogens (tertiary/aromatic N) is 4. The van der Waals surface area contributed by atoms with Crippen molar-refractivity contribution in [1.82, 2.24) is 19.5 Å². The van der Waals surface area contributed by atoms with Gasteiger partial charge in [-0.25, -0.2) is 9.78 Å². The van der Waals surface area contributed by atoms with Gasteiger partial charge in [-0.05, 0) is 34.3 Å². The van der Waals surface area contributed by atoms with Crippen LogP contribution in [-0.2, 0) is 17.7 Å². The van der Waals surface area contributed by atoms with Crippen molar-refractivity contribution in [2.75, 3.05) is 26.6 Å². The maximum absolute atomic E-state index is 14.1. The number of aromatic nitrogens is 4. The van der Waals surface area contributed by atoms with E-state index in [2.05, 4.69) is 70.3 Å². The smallest absolute Gasteiger partial charge is 0.342 e. The van der Waals surface area contributed by atoms with Gasteiger partial charge >= 0.3 is 23.1 Å². The van der Waals surface area contributed by atoms with Gasteiger partial charge in [-0.1, -0.05) is 67.0 Å². The zero-order valence-electron chi connectivity index (χ0n) is 28.6. The lowest BCUT2D eigenvalue weighted by atomic mass is 10.1.